The molecule has 0 saturated carbocycles. The Morgan fingerprint density at radius 1 is 1.07 bits per heavy atom. The first kappa shape index (κ1) is 19.7. The Morgan fingerprint density at radius 2 is 1.87 bits per heavy atom. The van der Waals surface area contributed by atoms with E-state index in [1.807, 2.05) is 19.9 Å². The van der Waals surface area contributed by atoms with E-state index in [1.54, 1.807) is 23.0 Å². The van der Waals surface area contributed by atoms with Crippen molar-refractivity contribution in [2.24, 2.45) is 0 Å². The molecule has 3 aromatic heterocycles. The zero-order valence-electron chi connectivity index (χ0n) is 16.1. The maximum absolute atomic E-state index is 12.6. The molecule has 0 atom stereocenters. The summed E-state index contributed by atoms with van der Waals surface area (Å²) in [5, 5.41) is 4.44. The van der Waals surface area contributed by atoms with E-state index in [2.05, 4.69) is 24.8 Å². The molecule has 0 unspecified atom stereocenters. The number of rotatable bonds is 5. The van der Waals surface area contributed by atoms with Crippen molar-refractivity contribution in [1.29, 1.82) is 0 Å². The number of nitrogens with one attached hydrogen (secondary N) is 3. The molecule has 0 aliphatic heterocycles. The van der Waals surface area contributed by atoms with Gasteiger partial charge in [0.1, 0.15) is 0 Å². The summed E-state index contributed by atoms with van der Waals surface area (Å²) in [6.07, 6.45) is 1.57. The van der Waals surface area contributed by atoms with Crippen molar-refractivity contribution in [2.45, 2.75) is 25.3 Å². The van der Waals surface area contributed by atoms with Gasteiger partial charge in [-0.2, -0.15) is 5.10 Å². The summed E-state index contributed by atoms with van der Waals surface area (Å²) < 4.78 is 29.5. The zero-order valence-corrected chi connectivity index (χ0v) is 16.9. The summed E-state index contributed by atoms with van der Waals surface area (Å²) in [5.74, 6) is 0.634. The van der Waals surface area contributed by atoms with E-state index in [4.69, 9.17) is 0 Å². The number of pyridine rings is 1. The van der Waals surface area contributed by atoms with Gasteiger partial charge in [-0.25, -0.2) is 27.6 Å². The van der Waals surface area contributed by atoms with Crippen molar-refractivity contribution in [2.75, 3.05) is 0 Å². The van der Waals surface area contributed by atoms with E-state index >= 15 is 0 Å². The lowest BCUT2D eigenvalue weighted by atomic mass is 10.2. The second kappa shape index (κ2) is 7.35. The molecule has 30 heavy (non-hydrogen) atoms. The third kappa shape index (κ3) is 3.80. The fourth-order valence-corrected chi connectivity index (χ4v) is 4.12. The molecule has 3 heterocycles. The first-order chi connectivity index (χ1) is 14.2. The second-order valence-electron chi connectivity index (χ2n) is 6.80. The standard InChI is InChI=1S/C19H18N6O4S/c1-11-7-12(2)25(24-11)17-6-3-13(9-20-17)10-21-30(28,29)14-4-5-16-15(8-14)18(26)23-19(27)22-16/h3-9,21H,10H2,1-2H3,(H2,22,23,26,27). The van der Waals surface area contributed by atoms with Crippen molar-refractivity contribution in [3.63, 3.8) is 0 Å². The number of H-pyrrole nitrogens is 2. The Morgan fingerprint density at radius 3 is 2.53 bits per heavy atom. The topological polar surface area (TPSA) is 143 Å². The largest absolute Gasteiger partial charge is 0.326 e. The highest BCUT2D eigenvalue weighted by atomic mass is 32.2. The number of benzene rings is 1. The number of nitrogens with zero attached hydrogens (tertiary/aromatic N) is 3. The molecular formula is C19H18N6O4S. The second-order valence-corrected chi connectivity index (χ2v) is 8.57. The van der Waals surface area contributed by atoms with Crippen molar-refractivity contribution in [3.8, 4) is 5.82 Å². The van der Waals surface area contributed by atoms with Gasteiger partial charge in [0.15, 0.2) is 5.82 Å². The maximum atomic E-state index is 12.6. The van der Waals surface area contributed by atoms with Crippen LogP contribution in [0.2, 0.25) is 0 Å². The summed E-state index contributed by atoms with van der Waals surface area (Å²) in [6, 6.07) is 9.38. The van der Waals surface area contributed by atoms with E-state index < -0.39 is 21.3 Å². The van der Waals surface area contributed by atoms with Crippen molar-refractivity contribution < 1.29 is 8.42 Å². The van der Waals surface area contributed by atoms with E-state index in [0.717, 1.165) is 11.4 Å². The van der Waals surface area contributed by atoms with Gasteiger partial charge in [0.25, 0.3) is 5.56 Å². The molecule has 3 N–H and O–H groups in total. The zero-order chi connectivity index (χ0) is 21.5. The number of sulfonamides is 1. The van der Waals surface area contributed by atoms with Crippen LogP contribution in [0.5, 0.6) is 0 Å². The lowest BCUT2D eigenvalue weighted by Gasteiger charge is -2.08. The van der Waals surface area contributed by atoms with Crippen molar-refractivity contribution >= 4 is 20.9 Å². The number of hydrogen-bond donors (Lipinski definition) is 3. The quantitative estimate of drug-likeness (QED) is 0.433. The Hall–Kier alpha value is -3.57. The smallest absolute Gasteiger partial charge is 0.307 e. The average Bonchev–Trinajstić information content (AvgIpc) is 3.04. The first-order valence-corrected chi connectivity index (χ1v) is 10.5. The van der Waals surface area contributed by atoms with E-state index in [1.165, 1.54) is 18.2 Å². The summed E-state index contributed by atoms with van der Waals surface area (Å²) in [6.45, 7) is 3.84. The van der Waals surface area contributed by atoms with Crippen molar-refractivity contribution in [1.82, 2.24) is 29.5 Å². The normalized spacial score (nSPS) is 11.8. The van der Waals surface area contributed by atoms with Crippen molar-refractivity contribution in [3.05, 3.63) is 80.4 Å². The molecule has 11 heteroatoms. The van der Waals surface area contributed by atoms with Gasteiger partial charge in [0.05, 0.1) is 21.5 Å². The molecule has 4 rings (SSSR count). The minimum absolute atomic E-state index is 0.0206. The van der Waals surface area contributed by atoms with Crippen LogP contribution in [-0.2, 0) is 16.6 Å². The molecule has 0 spiro atoms. The minimum Gasteiger partial charge on any atom is -0.307 e. The summed E-state index contributed by atoms with van der Waals surface area (Å²) in [7, 11) is -3.88. The fraction of sp³-hybridized carbons (Fsp3) is 0.158. The van der Waals surface area contributed by atoms with Crippen LogP contribution in [0.15, 0.2) is 57.1 Å². The monoisotopic (exact) mass is 426 g/mol. The number of aromatic nitrogens is 5. The SMILES string of the molecule is Cc1cc(C)n(-c2ccc(CNS(=O)(=O)c3ccc4[nH]c(=O)[nH]c(=O)c4c3)cn2)n1. The molecule has 1 aromatic carbocycles. The van der Waals surface area contributed by atoms with Crippen LogP contribution < -0.4 is 16.0 Å². The van der Waals surface area contributed by atoms with Gasteiger partial charge < -0.3 is 4.98 Å². The summed E-state index contributed by atoms with van der Waals surface area (Å²) in [4.78, 5) is 32.0. The molecule has 0 aliphatic rings. The Labute approximate surface area is 170 Å². The molecule has 0 aliphatic carbocycles. The van der Waals surface area contributed by atoms with Gasteiger partial charge in [-0.05, 0) is 49.7 Å². The molecular weight excluding hydrogens is 408 g/mol. The van der Waals surface area contributed by atoms with Crippen LogP contribution >= 0.6 is 0 Å². The maximum Gasteiger partial charge on any atom is 0.326 e. The molecule has 10 nitrogen and oxygen atoms in total. The summed E-state index contributed by atoms with van der Waals surface area (Å²) >= 11 is 0. The molecule has 0 saturated heterocycles. The molecule has 0 radical (unpaired) electrons. The van der Waals surface area contributed by atoms with Crippen LogP contribution in [0.4, 0.5) is 0 Å². The molecule has 0 bridgehead atoms. The molecule has 0 fully saturated rings. The van der Waals surface area contributed by atoms with Gasteiger partial charge in [0, 0.05) is 18.4 Å². The van der Waals surface area contributed by atoms with Gasteiger partial charge in [-0.3, -0.25) is 9.78 Å². The fourth-order valence-electron chi connectivity index (χ4n) is 3.08. The Balaban J connectivity index is 1.54. The first-order valence-electron chi connectivity index (χ1n) is 8.97. The van der Waals surface area contributed by atoms with Crippen LogP contribution in [0, 0.1) is 13.8 Å². The lowest BCUT2D eigenvalue weighted by Crippen LogP contribution is -2.25. The minimum atomic E-state index is -3.88. The lowest BCUT2D eigenvalue weighted by molar-refractivity contribution is 0.581. The third-order valence-corrected chi connectivity index (χ3v) is 5.92. The third-order valence-electron chi connectivity index (χ3n) is 4.52. The van der Waals surface area contributed by atoms with Gasteiger partial charge in [-0.1, -0.05) is 6.07 Å². The molecule has 0 amide bonds. The van der Waals surface area contributed by atoms with E-state index in [9.17, 15) is 18.0 Å². The average molecular weight is 426 g/mol. The van der Waals surface area contributed by atoms with Crippen LogP contribution in [0.25, 0.3) is 16.7 Å². The highest BCUT2D eigenvalue weighted by molar-refractivity contribution is 7.89. The number of aryl methyl sites for hydroxylation is 2. The van der Waals surface area contributed by atoms with Gasteiger partial charge in [-0.15, -0.1) is 0 Å². The van der Waals surface area contributed by atoms with E-state index in [-0.39, 0.29) is 22.3 Å². The van der Waals surface area contributed by atoms with Crippen LogP contribution in [0.1, 0.15) is 17.0 Å². The van der Waals surface area contributed by atoms with Crippen LogP contribution in [-0.4, -0.2) is 33.2 Å². The molecule has 154 valence electrons. The summed E-state index contributed by atoms with van der Waals surface area (Å²) in [5.41, 5.74) is 1.43. The van der Waals surface area contributed by atoms with E-state index in [0.29, 0.717) is 11.4 Å². The Bertz CT molecular complexity index is 1470. The van der Waals surface area contributed by atoms with Gasteiger partial charge in [0.2, 0.25) is 10.0 Å². The molecule has 4 aromatic rings. The number of hydrogen-bond acceptors (Lipinski definition) is 6. The predicted molar refractivity (Wildman–Crippen MR) is 110 cm³/mol. The highest BCUT2D eigenvalue weighted by Crippen LogP contribution is 2.15. The number of aromatic amines is 2. The van der Waals surface area contributed by atoms with Crippen LogP contribution in [0.3, 0.4) is 0 Å². The number of fused-ring (bicyclic) bond motifs is 1. The van der Waals surface area contributed by atoms with Gasteiger partial charge >= 0.3 is 5.69 Å². The predicted octanol–water partition coefficient (Wildman–Crippen LogP) is 0.892. The Kier molecular flexibility index (Phi) is 4.84. The highest BCUT2D eigenvalue weighted by Gasteiger charge is 2.16.